The lowest BCUT2D eigenvalue weighted by Crippen LogP contribution is -2.31. The molecule has 1 aliphatic heterocycles. The van der Waals surface area contributed by atoms with Gasteiger partial charge in [-0.25, -0.2) is 4.79 Å². The molecule has 1 heterocycles. The third kappa shape index (κ3) is 5.62. The summed E-state index contributed by atoms with van der Waals surface area (Å²) in [6.07, 6.45) is 1.65. The van der Waals surface area contributed by atoms with Gasteiger partial charge in [0.25, 0.3) is 11.8 Å². The third-order valence-corrected chi connectivity index (χ3v) is 5.25. The second-order valence-electron chi connectivity index (χ2n) is 7.70. The molecule has 2 amide bonds. The van der Waals surface area contributed by atoms with Crippen molar-refractivity contribution in [2.75, 3.05) is 19.0 Å². The fourth-order valence-corrected chi connectivity index (χ4v) is 3.75. The molecule has 7 nitrogen and oxygen atoms in total. The van der Waals surface area contributed by atoms with Gasteiger partial charge in [-0.2, -0.15) is 0 Å². The summed E-state index contributed by atoms with van der Waals surface area (Å²) in [5.41, 5.74) is 2.39. The van der Waals surface area contributed by atoms with Crippen molar-refractivity contribution >= 4 is 41.1 Å². The van der Waals surface area contributed by atoms with Gasteiger partial charge in [0, 0.05) is 22.4 Å². The van der Waals surface area contributed by atoms with E-state index < -0.39 is 5.97 Å². The molecule has 0 bridgehead atoms. The second-order valence-corrected chi connectivity index (χ2v) is 8.13. The predicted molar refractivity (Wildman–Crippen MR) is 127 cm³/mol. The van der Waals surface area contributed by atoms with E-state index in [0.29, 0.717) is 27.7 Å². The number of nitrogens with zero attached hydrogens (tertiary/aromatic N) is 1. The standard InChI is InChI=1S/C25H25ClN2O5/c1-15(2)28-16(3)23(25(31)32-4)21(24(28)30)12-17-8-10-20(11-9-17)33-14-22(29)27-19-7-5-6-18(26)13-19/h5-13,15H,14H2,1-4H3,(H,27,29)/b21-12-. The molecule has 2 aromatic rings. The molecule has 0 radical (unpaired) electrons. The zero-order valence-electron chi connectivity index (χ0n) is 18.8. The monoisotopic (exact) mass is 468 g/mol. The van der Waals surface area contributed by atoms with Crippen molar-refractivity contribution in [2.45, 2.75) is 26.8 Å². The van der Waals surface area contributed by atoms with Crippen LogP contribution in [0.1, 0.15) is 26.3 Å². The number of allylic oxidation sites excluding steroid dienone is 1. The van der Waals surface area contributed by atoms with Crippen molar-refractivity contribution in [3.63, 3.8) is 0 Å². The zero-order valence-corrected chi connectivity index (χ0v) is 19.6. The maximum absolute atomic E-state index is 12.9. The van der Waals surface area contributed by atoms with Crippen molar-refractivity contribution < 1.29 is 23.9 Å². The molecule has 0 unspecified atom stereocenters. The maximum Gasteiger partial charge on any atom is 0.340 e. The molecule has 1 N–H and O–H groups in total. The normalized spacial score (nSPS) is 14.8. The lowest BCUT2D eigenvalue weighted by atomic mass is 10.0. The summed E-state index contributed by atoms with van der Waals surface area (Å²) >= 11 is 5.91. The summed E-state index contributed by atoms with van der Waals surface area (Å²) in [4.78, 5) is 38.9. The minimum Gasteiger partial charge on any atom is -0.484 e. The Morgan fingerprint density at radius 2 is 1.85 bits per heavy atom. The second kappa shape index (κ2) is 10.4. The average Bonchev–Trinajstić information content (AvgIpc) is 3.02. The van der Waals surface area contributed by atoms with Crippen molar-refractivity contribution in [2.24, 2.45) is 0 Å². The molecule has 0 saturated heterocycles. The van der Waals surface area contributed by atoms with Crippen LogP contribution in [-0.2, 0) is 19.1 Å². The molecule has 0 aromatic heterocycles. The highest BCUT2D eigenvalue weighted by Crippen LogP contribution is 2.33. The molecule has 2 aromatic carbocycles. The minimum absolute atomic E-state index is 0.100. The number of halogens is 1. The predicted octanol–water partition coefficient (Wildman–Crippen LogP) is 4.44. The van der Waals surface area contributed by atoms with E-state index in [2.05, 4.69) is 5.32 Å². The Hall–Kier alpha value is -3.58. The summed E-state index contributed by atoms with van der Waals surface area (Å²) < 4.78 is 10.4. The molecular formula is C25H25ClN2O5. The lowest BCUT2D eigenvalue weighted by molar-refractivity contribution is -0.136. The van der Waals surface area contributed by atoms with Gasteiger partial charge in [-0.15, -0.1) is 0 Å². The molecule has 1 aliphatic rings. The number of carbonyl (C=O) groups is 3. The number of anilines is 1. The van der Waals surface area contributed by atoms with E-state index in [1.54, 1.807) is 66.4 Å². The average molecular weight is 469 g/mol. The Morgan fingerprint density at radius 3 is 2.45 bits per heavy atom. The van der Waals surface area contributed by atoms with Crippen LogP contribution in [0.5, 0.6) is 5.75 Å². The Bertz CT molecular complexity index is 1140. The first-order valence-electron chi connectivity index (χ1n) is 10.3. The van der Waals surface area contributed by atoms with E-state index in [0.717, 1.165) is 0 Å². The Kier molecular flexibility index (Phi) is 7.55. The van der Waals surface area contributed by atoms with Gasteiger partial charge in [-0.1, -0.05) is 29.8 Å². The molecule has 8 heteroatoms. The summed E-state index contributed by atoms with van der Waals surface area (Å²) in [6, 6.07) is 13.6. The number of benzene rings is 2. The number of amides is 2. The van der Waals surface area contributed by atoms with Gasteiger partial charge >= 0.3 is 5.97 Å². The minimum atomic E-state index is -0.555. The van der Waals surface area contributed by atoms with Gasteiger partial charge in [-0.3, -0.25) is 9.59 Å². The van der Waals surface area contributed by atoms with Crippen molar-refractivity contribution in [3.05, 3.63) is 76.0 Å². The topological polar surface area (TPSA) is 84.9 Å². The maximum atomic E-state index is 12.9. The zero-order chi connectivity index (χ0) is 24.1. The number of carbonyl (C=O) groups excluding carboxylic acids is 3. The van der Waals surface area contributed by atoms with E-state index >= 15 is 0 Å². The van der Waals surface area contributed by atoms with Crippen LogP contribution in [0.2, 0.25) is 5.02 Å². The molecule has 0 aliphatic carbocycles. The summed E-state index contributed by atoms with van der Waals surface area (Å²) in [6.45, 7) is 5.32. The van der Waals surface area contributed by atoms with E-state index in [4.69, 9.17) is 21.1 Å². The van der Waals surface area contributed by atoms with E-state index in [-0.39, 0.29) is 35.6 Å². The lowest BCUT2D eigenvalue weighted by Gasteiger charge is -2.22. The van der Waals surface area contributed by atoms with Crippen molar-refractivity contribution in [1.82, 2.24) is 4.90 Å². The van der Waals surface area contributed by atoms with Gasteiger partial charge in [0.05, 0.1) is 18.3 Å². The first-order chi connectivity index (χ1) is 15.7. The van der Waals surface area contributed by atoms with Crippen LogP contribution >= 0.6 is 11.6 Å². The van der Waals surface area contributed by atoms with Crippen LogP contribution in [0.25, 0.3) is 6.08 Å². The largest absolute Gasteiger partial charge is 0.484 e. The molecule has 0 fully saturated rings. The number of esters is 1. The number of nitrogens with one attached hydrogen (secondary N) is 1. The van der Waals surface area contributed by atoms with Crippen LogP contribution in [-0.4, -0.2) is 42.4 Å². The number of hydrogen-bond acceptors (Lipinski definition) is 5. The van der Waals surface area contributed by atoms with Crippen LogP contribution in [0.3, 0.4) is 0 Å². The fraction of sp³-hybridized carbons (Fsp3) is 0.240. The van der Waals surface area contributed by atoms with Crippen molar-refractivity contribution in [3.8, 4) is 5.75 Å². The van der Waals surface area contributed by atoms with Gasteiger partial charge in [0.2, 0.25) is 0 Å². The van der Waals surface area contributed by atoms with Crippen LogP contribution in [0.4, 0.5) is 5.69 Å². The Morgan fingerprint density at radius 1 is 1.15 bits per heavy atom. The summed E-state index contributed by atoms with van der Waals surface area (Å²) in [5.74, 6) is -0.640. The quantitative estimate of drug-likeness (QED) is 0.479. The summed E-state index contributed by atoms with van der Waals surface area (Å²) in [5, 5.41) is 3.23. The van der Waals surface area contributed by atoms with Crippen molar-refractivity contribution in [1.29, 1.82) is 0 Å². The highest BCUT2D eigenvalue weighted by Gasteiger charge is 2.38. The van der Waals surface area contributed by atoms with E-state index in [1.165, 1.54) is 7.11 Å². The number of ether oxygens (including phenoxy) is 2. The molecular weight excluding hydrogens is 444 g/mol. The van der Waals surface area contributed by atoms with Gasteiger partial charge in [0.1, 0.15) is 5.75 Å². The van der Waals surface area contributed by atoms with Gasteiger partial charge in [-0.05, 0) is 62.7 Å². The number of hydrogen-bond donors (Lipinski definition) is 1. The van der Waals surface area contributed by atoms with Crippen LogP contribution < -0.4 is 10.1 Å². The van der Waals surface area contributed by atoms with Crippen LogP contribution in [0, 0.1) is 0 Å². The number of methoxy groups -OCH3 is 1. The SMILES string of the molecule is COC(=O)C1=C(C)N(C(C)C)C(=O)/C1=C\c1ccc(OCC(=O)Nc2cccc(Cl)c2)cc1. The Labute approximate surface area is 197 Å². The van der Waals surface area contributed by atoms with Gasteiger partial charge < -0.3 is 19.7 Å². The third-order valence-electron chi connectivity index (χ3n) is 5.02. The molecule has 172 valence electrons. The van der Waals surface area contributed by atoms with E-state index in [1.807, 2.05) is 13.8 Å². The molecule has 0 spiro atoms. The van der Waals surface area contributed by atoms with E-state index in [9.17, 15) is 14.4 Å². The van der Waals surface area contributed by atoms with Crippen LogP contribution in [0.15, 0.2) is 65.4 Å². The first kappa shape index (κ1) is 24.1. The Balaban J connectivity index is 1.71. The summed E-state index contributed by atoms with van der Waals surface area (Å²) in [7, 11) is 1.29. The molecule has 3 rings (SSSR count). The number of rotatable bonds is 7. The van der Waals surface area contributed by atoms with Gasteiger partial charge in [0.15, 0.2) is 6.61 Å². The molecule has 0 saturated carbocycles. The molecule has 33 heavy (non-hydrogen) atoms. The smallest absolute Gasteiger partial charge is 0.340 e. The highest BCUT2D eigenvalue weighted by molar-refractivity contribution is 6.30. The first-order valence-corrected chi connectivity index (χ1v) is 10.7. The highest BCUT2D eigenvalue weighted by atomic mass is 35.5. The fourth-order valence-electron chi connectivity index (χ4n) is 3.56. The molecule has 0 atom stereocenters.